The van der Waals surface area contributed by atoms with Crippen LogP contribution in [0, 0.1) is 5.82 Å². The van der Waals surface area contributed by atoms with Crippen LogP contribution >= 0.6 is 0 Å². The highest BCUT2D eigenvalue weighted by Crippen LogP contribution is 2.35. The third kappa shape index (κ3) is 6.89. The highest BCUT2D eigenvalue weighted by atomic mass is 19.4. The molecule has 0 spiro atoms. The first kappa shape index (κ1) is 29.1. The van der Waals surface area contributed by atoms with Crippen molar-refractivity contribution in [2.24, 2.45) is 0 Å². The first-order valence-corrected chi connectivity index (χ1v) is 13.3. The number of carbonyl (C=O) groups excluding carboxylic acids is 1. The van der Waals surface area contributed by atoms with Crippen LogP contribution in [0.25, 0.3) is 21.9 Å². The summed E-state index contributed by atoms with van der Waals surface area (Å²) in [5, 5.41) is 6.29. The fraction of sp³-hybridized carbons (Fsp3) is 0.267. The molecule has 1 fully saturated rings. The van der Waals surface area contributed by atoms with Crippen molar-refractivity contribution in [2.75, 3.05) is 62.7 Å². The summed E-state index contributed by atoms with van der Waals surface area (Å²) in [7, 11) is 2.11. The summed E-state index contributed by atoms with van der Waals surface area (Å²) in [6, 6.07) is 15.3. The van der Waals surface area contributed by atoms with Gasteiger partial charge < -0.3 is 26.0 Å². The second kappa shape index (κ2) is 12.2. The van der Waals surface area contributed by atoms with E-state index in [1.54, 1.807) is 30.3 Å². The van der Waals surface area contributed by atoms with E-state index in [4.69, 9.17) is 10.5 Å². The molecule has 8 nitrogen and oxygen atoms in total. The summed E-state index contributed by atoms with van der Waals surface area (Å²) in [6.45, 7) is 5.29. The van der Waals surface area contributed by atoms with E-state index in [1.807, 2.05) is 18.2 Å². The molecule has 3 aromatic carbocycles. The van der Waals surface area contributed by atoms with Gasteiger partial charge in [-0.1, -0.05) is 24.3 Å². The minimum atomic E-state index is -4.67. The molecule has 42 heavy (non-hydrogen) atoms. The van der Waals surface area contributed by atoms with E-state index in [2.05, 4.69) is 32.5 Å². The zero-order valence-electron chi connectivity index (χ0n) is 22.8. The molecule has 2 heterocycles. The molecule has 5 rings (SSSR count). The average molecular weight is 583 g/mol. The molecule has 0 radical (unpaired) electrons. The maximum atomic E-state index is 14.0. The highest BCUT2D eigenvalue weighted by molar-refractivity contribution is 6.02. The monoisotopic (exact) mass is 582 g/mol. The Morgan fingerprint density at radius 1 is 0.976 bits per heavy atom. The Hall–Kier alpha value is -4.42. The molecular weight excluding hydrogens is 552 g/mol. The van der Waals surface area contributed by atoms with Crippen LogP contribution in [0.5, 0.6) is 5.88 Å². The molecule has 0 atom stereocenters. The summed E-state index contributed by atoms with van der Waals surface area (Å²) in [5.41, 5.74) is 6.54. The summed E-state index contributed by atoms with van der Waals surface area (Å²) in [4.78, 5) is 21.5. The number of ether oxygens (including phenoxy) is 1. The van der Waals surface area contributed by atoms with Crippen LogP contribution in [0.4, 0.5) is 39.5 Å². The molecule has 2 amide bonds. The van der Waals surface area contributed by atoms with Gasteiger partial charge in [-0.3, -0.25) is 4.90 Å². The number of nitrogens with one attached hydrogen (secondary N) is 2. The van der Waals surface area contributed by atoms with Gasteiger partial charge in [0, 0.05) is 43.8 Å². The number of carbonyl (C=O) groups is 1. The zero-order chi connectivity index (χ0) is 29.9. The van der Waals surface area contributed by atoms with Crippen molar-refractivity contribution in [1.82, 2.24) is 14.8 Å². The number of nitrogens with two attached hydrogens (primary N) is 1. The number of alkyl halides is 3. The number of nitrogen functional groups attached to an aromatic ring is 1. The number of likely N-dealkylation sites (N-methyl/N-ethyl adjacent to an activating group) is 1. The molecule has 1 aromatic heterocycles. The molecular formula is C30H30F4N6O2. The average Bonchev–Trinajstić information content (AvgIpc) is 2.95. The quantitative estimate of drug-likeness (QED) is 0.235. The Balaban J connectivity index is 1.28. The van der Waals surface area contributed by atoms with Crippen molar-refractivity contribution in [3.05, 3.63) is 78.1 Å². The van der Waals surface area contributed by atoms with Crippen molar-refractivity contribution in [3.63, 3.8) is 0 Å². The minimum absolute atomic E-state index is 0.321. The van der Waals surface area contributed by atoms with Crippen LogP contribution < -0.4 is 21.1 Å². The van der Waals surface area contributed by atoms with Gasteiger partial charge in [0.15, 0.2) is 0 Å². The van der Waals surface area contributed by atoms with Gasteiger partial charge in [-0.15, -0.1) is 0 Å². The Morgan fingerprint density at radius 2 is 1.71 bits per heavy atom. The first-order valence-electron chi connectivity index (χ1n) is 13.3. The van der Waals surface area contributed by atoms with Gasteiger partial charge in [0.25, 0.3) is 0 Å². The van der Waals surface area contributed by atoms with Gasteiger partial charge in [-0.05, 0) is 66.0 Å². The predicted octanol–water partition coefficient (Wildman–Crippen LogP) is 5.91. The van der Waals surface area contributed by atoms with Crippen LogP contribution in [0.15, 0.2) is 66.7 Å². The number of piperazine rings is 1. The lowest BCUT2D eigenvalue weighted by Crippen LogP contribution is -2.45. The number of fused-ring (bicyclic) bond motifs is 1. The number of hydrogen-bond donors (Lipinski definition) is 3. The Bertz CT molecular complexity index is 1570. The molecule has 1 saturated heterocycles. The number of urea groups is 1. The largest absolute Gasteiger partial charge is 0.476 e. The zero-order valence-corrected chi connectivity index (χ0v) is 22.8. The molecule has 0 unspecified atom stereocenters. The van der Waals surface area contributed by atoms with E-state index >= 15 is 0 Å². The molecule has 4 aromatic rings. The highest BCUT2D eigenvalue weighted by Gasteiger charge is 2.31. The topological polar surface area (TPSA) is 95.8 Å². The van der Waals surface area contributed by atoms with E-state index in [1.165, 1.54) is 0 Å². The second-order valence-corrected chi connectivity index (χ2v) is 10.1. The third-order valence-electron chi connectivity index (χ3n) is 7.10. The van der Waals surface area contributed by atoms with E-state index in [9.17, 15) is 22.4 Å². The van der Waals surface area contributed by atoms with Crippen LogP contribution in [-0.4, -0.2) is 67.2 Å². The fourth-order valence-corrected chi connectivity index (χ4v) is 4.78. The van der Waals surface area contributed by atoms with E-state index in [0.717, 1.165) is 54.6 Å². The maximum Gasteiger partial charge on any atom is 0.416 e. The molecule has 12 heteroatoms. The van der Waals surface area contributed by atoms with Crippen molar-refractivity contribution in [2.45, 2.75) is 6.18 Å². The third-order valence-corrected chi connectivity index (χ3v) is 7.10. The maximum absolute atomic E-state index is 14.0. The molecule has 1 aliphatic heterocycles. The Morgan fingerprint density at radius 3 is 2.43 bits per heavy atom. The molecule has 4 N–H and O–H groups in total. The van der Waals surface area contributed by atoms with Crippen LogP contribution in [0.3, 0.4) is 0 Å². The number of pyridine rings is 1. The van der Waals surface area contributed by atoms with Gasteiger partial charge in [0.2, 0.25) is 5.88 Å². The number of aromatic nitrogens is 1. The van der Waals surface area contributed by atoms with Gasteiger partial charge in [-0.25, -0.2) is 9.18 Å². The predicted molar refractivity (Wildman–Crippen MR) is 155 cm³/mol. The Kier molecular flexibility index (Phi) is 8.46. The summed E-state index contributed by atoms with van der Waals surface area (Å²) >= 11 is 0. The molecule has 0 bridgehead atoms. The lowest BCUT2D eigenvalue weighted by Gasteiger charge is -2.32. The van der Waals surface area contributed by atoms with Crippen LogP contribution in [-0.2, 0) is 6.18 Å². The molecule has 1 aliphatic rings. The normalized spacial score (nSPS) is 14.6. The number of anilines is 3. The molecule has 220 valence electrons. The van der Waals surface area contributed by atoms with Gasteiger partial charge in [0.1, 0.15) is 18.2 Å². The second-order valence-electron chi connectivity index (χ2n) is 10.1. The number of rotatable bonds is 7. The number of nitrogens with zero attached hydrogens (tertiary/aromatic N) is 3. The summed E-state index contributed by atoms with van der Waals surface area (Å²) < 4.78 is 59.0. The number of benzene rings is 3. The lowest BCUT2D eigenvalue weighted by atomic mass is 9.99. The smallest absolute Gasteiger partial charge is 0.416 e. The first-order chi connectivity index (χ1) is 20.1. The minimum Gasteiger partial charge on any atom is -0.476 e. The Labute approximate surface area is 240 Å². The van der Waals surface area contributed by atoms with Gasteiger partial charge in [0.05, 0.1) is 11.3 Å². The van der Waals surface area contributed by atoms with Crippen molar-refractivity contribution >= 4 is 34.0 Å². The fourth-order valence-electron chi connectivity index (χ4n) is 4.78. The van der Waals surface area contributed by atoms with Gasteiger partial charge >= 0.3 is 12.2 Å². The number of amides is 2. The lowest BCUT2D eigenvalue weighted by molar-refractivity contribution is -0.137. The van der Waals surface area contributed by atoms with Crippen LogP contribution in [0.1, 0.15) is 5.56 Å². The SMILES string of the molecule is CN1CCN(CCOc2nc(N)cc3c(-c4ccc(NC(=O)Nc5cc(C(F)(F)F)ccc5F)cc4)cccc23)CC1. The van der Waals surface area contributed by atoms with E-state index in [-0.39, 0.29) is 0 Å². The van der Waals surface area contributed by atoms with Crippen molar-refractivity contribution < 1.29 is 27.1 Å². The van der Waals surface area contributed by atoms with Gasteiger partial charge in [-0.2, -0.15) is 18.2 Å². The standard InChI is InChI=1S/C30H30F4N6O2/c1-39-11-13-40(14-12-39)15-16-42-28-23-4-2-3-22(24(23)18-27(35)38-28)19-5-8-21(9-6-19)36-29(41)37-26-17-20(30(32,33)34)7-10-25(26)31/h2-10,17-18H,11-16H2,1H3,(H2,35,38)(H2,36,37,41). The molecule has 0 saturated carbocycles. The van der Waals surface area contributed by atoms with Crippen molar-refractivity contribution in [3.8, 4) is 17.0 Å². The number of hydrogen-bond acceptors (Lipinski definition) is 6. The molecule has 0 aliphatic carbocycles. The summed E-state index contributed by atoms with van der Waals surface area (Å²) in [6.07, 6.45) is -4.67. The van der Waals surface area contributed by atoms with Crippen LogP contribution in [0.2, 0.25) is 0 Å². The number of halogens is 4. The van der Waals surface area contributed by atoms with Crippen molar-refractivity contribution in [1.29, 1.82) is 0 Å². The van der Waals surface area contributed by atoms with E-state index in [0.29, 0.717) is 42.2 Å². The summed E-state index contributed by atoms with van der Waals surface area (Å²) in [5.74, 6) is -0.208. The van der Waals surface area contributed by atoms with E-state index < -0.39 is 29.3 Å².